The van der Waals surface area contributed by atoms with Crippen LogP contribution in [0.25, 0.3) is 23.0 Å². The highest BCUT2D eigenvalue weighted by atomic mass is 19.1. The summed E-state index contributed by atoms with van der Waals surface area (Å²) >= 11 is 0. The standard InChI is InChI=1S/C38H27FN4O2/c39-35-22-11-10-15-29(35)26-45-33-21-12-16-28(23-33)36-30(25-42(40-36)31-17-6-2-7-18-31)24-34-37(27-13-4-1-5-14-27)41-43(38(34)44)32-19-8-3-9-20-32/h1-25H,26H2/b34-24-. The van der Waals surface area contributed by atoms with E-state index >= 15 is 0 Å². The molecule has 0 bridgehead atoms. The summed E-state index contributed by atoms with van der Waals surface area (Å²) in [6, 6.07) is 42.9. The molecule has 1 amide bonds. The van der Waals surface area contributed by atoms with Crippen LogP contribution in [-0.2, 0) is 11.4 Å². The maximum atomic E-state index is 14.2. The lowest BCUT2D eigenvalue weighted by atomic mass is 9.99. The van der Waals surface area contributed by atoms with Crippen molar-refractivity contribution < 1.29 is 13.9 Å². The Morgan fingerprint density at radius 1 is 0.711 bits per heavy atom. The smallest absolute Gasteiger partial charge is 0.281 e. The van der Waals surface area contributed by atoms with Gasteiger partial charge in [0.15, 0.2) is 0 Å². The summed E-state index contributed by atoms with van der Waals surface area (Å²) in [5, 5.41) is 11.2. The first-order chi connectivity index (χ1) is 22.1. The van der Waals surface area contributed by atoms with Crippen molar-refractivity contribution in [3.63, 3.8) is 0 Å². The van der Waals surface area contributed by atoms with Crippen LogP contribution in [-0.4, -0.2) is 21.4 Å². The topological polar surface area (TPSA) is 59.7 Å². The molecule has 45 heavy (non-hydrogen) atoms. The first-order valence-electron chi connectivity index (χ1n) is 14.5. The molecule has 6 nitrogen and oxygen atoms in total. The van der Waals surface area contributed by atoms with Crippen LogP contribution in [0.5, 0.6) is 5.75 Å². The van der Waals surface area contributed by atoms with Crippen LogP contribution < -0.4 is 9.75 Å². The Labute approximate surface area is 260 Å². The Bertz CT molecular complexity index is 2040. The molecule has 218 valence electrons. The van der Waals surface area contributed by atoms with E-state index in [-0.39, 0.29) is 18.3 Å². The lowest BCUT2D eigenvalue weighted by molar-refractivity contribution is -0.114. The summed E-state index contributed by atoms with van der Waals surface area (Å²) in [5.74, 6) is 0.0219. The number of hydrazone groups is 1. The maximum Gasteiger partial charge on any atom is 0.281 e. The number of anilines is 1. The van der Waals surface area contributed by atoms with Crippen molar-refractivity contribution in [3.8, 4) is 22.7 Å². The van der Waals surface area contributed by atoms with Crippen molar-refractivity contribution in [3.05, 3.63) is 174 Å². The Hall–Kier alpha value is -6.08. The molecular weight excluding hydrogens is 563 g/mol. The predicted molar refractivity (Wildman–Crippen MR) is 175 cm³/mol. The van der Waals surface area contributed by atoms with E-state index in [1.807, 2.05) is 128 Å². The number of hydrogen-bond acceptors (Lipinski definition) is 4. The van der Waals surface area contributed by atoms with Gasteiger partial charge < -0.3 is 4.74 Å². The third-order valence-electron chi connectivity index (χ3n) is 7.45. The Kier molecular flexibility index (Phi) is 7.56. The monoisotopic (exact) mass is 590 g/mol. The van der Waals surface area contributed by atoms with Crippen molar-refractivity contribution >= 4 is 23.4 Å². The minimum absolute atomic E-state index is 0.0895. The zero-order chi connectivity index (χ0) is 30.6. The van der Waals surface area contributed by atoms with Gasteiger partial charge in [0.25, 0.3) is 5.91 Å². The molecule has 2 heterocycles. The zero-order valence-corrected chi connectivity index (χ0v) is 24.1. The maximum absolute atomic E-state index is 14.2. The molecule has 0 saturated heterocycles. The average Bonchev–Trinajstić information content (AvgIpc) is 3.67. The lowest BCUT2D eigenvalue weighted by Crippen LogP contribution is -2.21. The summed E-state index contributed by atoms with van der Waals surface area (Å²) in [7, 11) is 0. The van der Waals surface area contributed by atoms with Gasteiger partial charge in [-0.1, -0.05) is 97.1 Å². The zero-order valence-electron chi connectivity index (χ0n) is 24.1. The van der Waals surface area contributed by atoms with Gasteiger partial charge in [-0.2, -0.15) is 15.2 Å². The van der Waals surface area contributed by atoms with Gasteiger partial charge in [0.1, 0.15) is 29.6 Å². The Morgan fingerprint density at radius 2 is 1.36 bits per heavy atom. The fourth-order valence-electron chi connectivity index (χ4n) is 5.19. The predicted octanol–water partition coefficient (Wildman–Crippen LogP) is 8.09. The highest BCUT2D eigenvalue weighted by Gasteiger charge is 2.32. The van der Waals surface area contributed by atoms with Crippen LogP contribution in [0, 0.1) is 5.82 Å². The summed E-state index contributed by atoms with van der Waals surface area (Å²) in [4.78, 5) is 14.0. The fraction of sp³-hybridized carbons (Fsp3) is 0.0263. The largest absolute Gasteiger partial charge is 0.489 e. The van der Waals surface area contributed by atoms with Gasteiger partial charge in [0, 0.05) is 28.5 Å². The molecule has 1 aliphatic rings. The second-order valence-electron chi connectivity index (χ2n) is 10.4. The Balaban J connectivity index is 1.32. The van der Waals surface area contributed by atoms with E-state index in [1.54, 1.807) is 22.9 Å². The van der Waals surface area contributed by atoms with Gasteiger partial charge in [0.05, 0.1) is 16.9 Å². The molecule has 0 spiro atoms. The Morgan fingerprint density at radius 3 is 2.09 bits per heavy atom. The highest BCUT2D eigenvalue weighted by molar-refractivity contribution is 6.37. The van der Waals surface area contributed by atoms with Crippen molar-refractivity contribution in [2.24, 2.45) is 5.10 Å². The van der Waals surface area contributed by atoms with Crippen LogP contribution in [0.3, 0.4) is 0 Å². The molecule has 0 atom stereocenters. The number of carbonyl (C=O) groups excluding carboxylic acids is 1. The van der Waals surface area contributed by atoms with E-state index in [9.17, 15) is 9.18 Å². The van der Waals surface area contributed by atoms with Gasteiger partial charge in [0.2, 0.25) is 0 Å². The number of carbonyl (C=O) groups is 1. The number of halogens is 1. The minimum Gasteiger partial charge on any atom is -0.489 e. The normalized spacial score (nSPS) is 13.7. The number of nitrogens with zero attached hydrogens (tertiary/aromatic N) is 4. The number of amides is 1. The first-order valence-corrected chi connectivity index (χ1v) is 14.5. The van der Waals surface area contributed by atoms with Gasteiger partial charge in [-0.05, 0) is 48.5 Å². The molecule has 0 fully saturated rings. The molecule has 0 radical (unpaired) electrons. The molecule has 0 N–H and O–H groups in total. The summed E-state index contributed by atoms with van der Waals surface area (Å²) in [5.41, 5.74) is 6.04. The molecular formula is C38H27FN4O2. The van der Waals surface area contributed by atoms with Crippen LogP contribution in [0.2, 0.25) is 0 Å². The third kappa shape index (κ3) is 5.79. The van der Waals surface area contributed by atoms with E-state index in [1.165, 1.54) is 11.1 Å². The van der Waals surface area contributed by atoms with Crippen molar-refractivity contribution in [1.29, 1.82) is 0 Å². The average molecular weight is 591 g/mol. The molecule has 6 aromatic rings. The number of hydrogen-bond donors (Lipinski definition) is 0. The minimum atomic E-state index is -0.314. The van der Waals surface area contributed by atoms with Crippen LogP contribution in [0.4, 0.5) is 10.1 Å². The first kappa shape index (κ1) is 27.7. The molecule has 7 rings (SSSR count). The summed E-state index contributed by atoms with van der Waals surface area (Å²) in [6.07, 6.45) is 3.76. The number of benzene rings is 5. The van der Waals surface area contributed by atoms with E-state index < -0.39 is 0 Å². The van der Waals surface area contributed by atoms with Crippen molar-refractivity contribution in [2.75, 3.05) is 5.01 Å². The van der Waals surface area contributed by atoms with Crippen molar-refractivity contribution in [1.82, 2.24) is 9.78 Å². The van der Waals surface area contributed by atoms with E-state index in [0.29, 0.717) is 34.0 Å². The summed E-state index contributed by atoms with van der Waals surface area (Å²) < 4.78 is 22.0. The number of aromatic nitrogens is 2. The van der Waals surface area contributed by atoms with E-state index in [0.717, 1.165) is 22.4 Å². The molecule has 0 aliphatic carbocycles. The third-order valence-corrected chi connectivity index (χ3v) is 7.45. The molecule has 1 aliphatic heterocycles. The molecule has 0 unspecified atom stereocenters. The number of ether oxygens (including phenoxy) is 1. The molecule has 5 aromatic carbocycles. The molecule has 0 saturated carbocycles. The van der Waals surface area contributed by atoms with Crippen LogP contribution >= 0.6 is 0 Å². The van der Waals surface area contributed by atoms with Gasteiger partial charge in [-0.15, -0.1) is 0 Å². The van der Waals surface area contributed by atoms with Crippen LogP contribution in [0.15, 0.2) is 156 Å². The van der Waals surface area contributed by atoms with Crippen molar-refractivity contribution in [2.45, 2.75) is 6.61 Å². The fourth-order valence-corrected chi connectivity index (χ4v) is 5.19. The number of para-hydroxylation sites is 2. The quantitative estimate of drug-likeness (QED) is 0.168. The second kappa shape index (κ2) is 12.3. The molecule has 7 heteroatoms. The van der Waals surface area contributed by atoms with E-state index in [4.69, 9.17) is 14.9 Å². The van der Waals surface area contributed by atoms with E-state index in [2.05, 4.69) is 0 Å². The SMILES string of the molecule is O=C1/C(=C\c2cn(-c3ccccc3)nc2-c2cccc(OCc3ccccc3F)c2)C(c2ccccc2)=NN1c1ccccc1. The second-order valence-corrected chi connectivity index (χ2v) is 10.4. The highest BCUT2D eigenvalue weighted by Crippen LogP contribution is 2.32. The lowest BCUT2D eigenvalue weighted by Gasteiger charge is -2.11. The van der Waals surface area contributed by atoms with Gasteiger partial charge in [-0.3, -0.25) is 4.79 Å². The van der Waals surface area contributed by atoms with Crippen LogP contribution in [0.1, 0.15) is 16.7 Å². The summed E-state index contributed by atoms with van der Waals surface area (Å²) in [6.45, 7) is 0.0895. The van der Waals surface area contributed by atoms with Gasteiger partial charge >= 0.3 is 0 Å². The molecule has 1 aromatic heterocycles. The van der Waals surface area contributed by atoms with Gasteiger partial charge in [-0.25, -0.2) is 9.07 Å². The number of rotatable bonds is 8.